The highest BCUT2D eigenvalue weighted by atomic mass is 33.1. The lowest BCUT2D eigenvalue weighted by molar-refractivity contribution is -0.316. The van der Waals surface area contributed by atoms with E-state index in [1.165, 1.54) is 51.3 Å². The highest BCUT2D eigenvalue weighted by Crippen LogP contribution is 2.43. The molecule has 7 N–H and O–H groups in total. The van der Waals surface area contributed by atoms with Crippen molar-refractivity contribution in [3.63, 3.8) is 0 Å². The Hall–Kier alpha value is -4.58. The third-order valence-corrected chi connectivity index (χ3v) is 15.2. The molecule has 4 heterocycles. The number of β-amino-alcohol motifs (C(OH)–C–C–N with tert-alkyl or cyclic N) is 1. The molecule has 15 heteroatoms. The van der Waals surface area contributed by atoms with Crippen molar-refractivity contribution in [3.05, 3.63) is 119 Å². The maximum Gasteiger partial charge on any atom is 0.335 e. The van der Waals surface area contributed by atoms with E-state index in [1.54, 1.807) is 35.1 Å². The van der Waals surface area contributed by atoms with Crippen LogP contribution in [0.5, 0.6) is 17.2 Å². The van der Waals surface area contributed by atoms with E-state index in [1.807, 2.05) is 6.21 Å². The second kappa shape index (κ2) is 21.4. The Morgan fingerprint density at radius 2 is 1.92 bits per heavy atom. The average molecular weight is 926 g/mol. The summed E-state index contributed by atoms with van der Waals surface area (Å²) in [5.74, 6) is 0.653. The number of benzene rings is 3. The third-order valence-electron chi connectivity index (χ3n) is 13.1. The number of ether oxygens (including phenoxy) is 4. The Morgan fingerprint density at radius 3 is 2.71 bits per heavy atom. The van der Waals surface area contributed by atoms with Gasteiger partial charge in [-0.1, -0.05) is 96.1 Å². The molecule has 0 bridgehead atoms. The quantitative estimate of drug-likeness (QED) is 0.0672. The van der Waals surface area contributed by atoms with Crippen LogP contribution in [0.2, 0.25) is 0 Å². The number of phenolic OH excluding ortho intramolecular Hbond substituents is 1. The summed E-state index contributed by atoms with van der Waals surface area (Å²) in [6.45, 7) is 7.39. The summed E-state index contributed by atoms with van der Waals surface area (Å²) >= 11 is 0. The molecule has 2 saturated heterocycles. The molecule has 9 atom stereocenters. The monoisotopic (exact) mass is 925 g/mol. The lowest BCUT2D eigenvalue weighted by atomic mass is 9.77. The molecule has 0 amide bonds. The third kappa shape index (κ3) is 10.5. The van der Waals surface area contributed by atoms with E-state index in [0.717, 1.165) is 38.1 Å². The molecule has 0 radical (unpaired) electrons. The number of hydrogen-bond acceptors (Lipinski definition) is 14. The second-order valence-electron chi connectivity index (χ2n) is 17.3. The maximum atomic E-state index is 12.7. The Bertz CT molecular complexity index is 2320. The minimum atomic E-state index is -2.08. The largest absolute Gasteiger partial charge is 0.508 e. The number of aliphatic imine (C=N–C) groups is 1. The zero-order valence-corrected chi connectivity index (χ0v) is 38.3. The first-order valence-electron chi connectivity index (χ1n) is 22.4. The Balaban J connectivity index is 1.04. The minimum Gasteiger partial charge on any atom is -0.508 e. The standard InChI is InChI=1S/C50H59N3O10S2/c1-3-20-51-21-18-33-11-10-31(37-6-4-5-7-38(33)37)9-8-30(2)40-25-53-28-50(59)47(61-29-65-64-27-42(40)34-19-22-52-24-34)45(56)46(48(57)58)63-49(50)62-36-16-17-39-43(23-36)60-26-41(44(39)55)32-12-14-35(54)15-13-32/h4-7,9-17,19,23-24,30,33,40,42,45-47,49,51,53-56,59H,3,8,18,20-22,25-29H2,1-2H3,(H,57,58). The highest BCUT2D eigenvalue weighted by Gasteiger charge is 2.59. The topological polar surface area (TPSA) is 192 Å². The molecule has 4 aliphatic heterocycles. The van der Waals surface area contributed by atoms with Gasteiger partial charge >= 0.3 is 5.97 Å². The number of nitrogens with one attached hydrogen (secondary N) is 2. The van der Waals surface area contributed by atoms with Gasteiger partial charge in [0.25, 0.3) is 0 Å². The van der Waals surface area contributed by atoms with Crippen molar-refractivity contribution in [2.45, 2.75) is 69.2 Å². The van der Waals surface area contributed by atoms with E-state index in [2.05, 4.69) is 78.0 Å². The molecular weight excluding hydrogens is 867 g/mol. The Kier molecular flexibility index (Phi) is 15.4. The predicted octanol–water partition coefficient (Wildman–Crippen LogP) is 7.21. The summed E-state index contributed by atoms with van der Waals surface area (Å²) in [7, 11) is 3.07. The van der Waals surface area contributed by atoms with Gasteiger partial charge in [0.15, 0.2) is 11.7 Å². The van der Waals surface area contributed by atoms with E-state index in [0.29, 0.717) is 41.5 Å². The van der Waals surface area contributed by atoms with E-state index in [9.17, 15) is 30.3 Å². The molecule has 8 rings (SSSR count). The van der Waals surface area contributed by atoms with Crippen LogP contribution in [0.25, 0.3) is 16.9 Å². The molecule has 65 heavy (non-hydrogen) atoms. The van der Waals surface area contributed by atoms with Crippen molar-refractivity contribution in [1.82, 2.24) is 10.6 Å². The number of hydrogen-bond donors (Lipinski definition) is 7. The van der Waals surface area contributed by atoms with Crippen molar-refractivity contribution in [1.29, 1.82) is 0 Å². The van der Waals surface area contributed by atoms with Crippen LogP contribution in [0.4, 0.5) is 0 Å². The molecule has 5 aliphatic rings. The fourth-order valence-corrected chi connectivity index (χ4v) is 11.5. The molecule has 0 spiro atoms. The van der Waals surface area contributed by atoms with Crippen molar-refractivity contribution in [2.75, 3.05) is 51.0 Å². The van der Waals surface area contributed by atoms with Crippen LogP contribution in [0.15, 0.2) is 102 Å². The van der Waals surface area contributed by atoms with Crippen LogP contribution in [0.1, 0.15) is 61.3 Å². The highest BCUT2D eigenvalue weighted by molar-refractivity contribution is 8.76. The summed E-state index contributed by atoms with van der Waals surface area (Å²) in [4.78, 5) is 17.1. The van der Waals surface area contributed by atoms with Crippen LogP contribution in [-0.4, -0.2) is 119 Å². The SMILES string of the molecule is CCCNCCC1C=CC(=CCC(C)C2CNCC3(O)C(Oc4ccc5c(c4)OCC(c4ccc(O)cc4)=C5O)OC(C(=O)O)C(O)C3OCSSCC2C2=CCN=C2)c2ccccc21. The van der Waals surface area contributed by atoms with Gasteiger partial charge in [0, 0.05) is 36.1 Å². The molecule has 0 aromatic heterocycles. The van der Waals surface area contributed by atoms with Crippen molar-refractivity contribution < 1.29 is 49.3 Å². The number of aliphatic carboxylic acids is 1. The maximum absolute atomic E-state index is 12.7. The number of carbonyl (C=O) groups is 1. The van der Waals surface area contributed by atoms with Crippen LogP contribution in [-0.2, 0) is 14.3 Å². The van der Waals surface area contributed by atoms with Gasteiger partial charge in [0.2, 0.25) is 6.29 Å². The predicted molar refractivity (Wildman–Crippen MR) is 256 cm³/mol. The molecular formula is C50H59N3O10S2. The molecule has 1 aliphatic carbocycles. The van der Waals surface area contributed by atoms with Gasteiger partial charge in [-0.15, -0.1) is 0 Å². The van der Waals surface area contributed by atoms with E-state index >= 15 is 0 Å². The molecule has 9 unspecified atom stereocenters. The Labute approximate surface area is 388 Å². The van der Waals surface area contributed by atoms with Gasteiger partial charge in [-0.3, -0.25) is 4.99 Å². The number of aliphatic hydroxyl groups is 3. The first-order chi connectivity index (χ1) is 31.5. The number of allylic oxidation sites excluding steroid dienone is 5. The molecule has 13 nitrogen and oxygen atoms in total. The number of aromatic hydroxyl groups is 1. The van der Waals surface area contributed by atoms with Crippen LogP contribution in [0.3, 0.4) is 0 Å². The van der Waals surface area contributed by atoms with Crippen LogP contribution >= 0.6 is 21.6 Å². The van der Waals surface area contributed by atoms with Gasteiger partial charge in [-0.05, 0) is 109 Å². The number of carboxylic acid groups (broad SMARTS) is 1. The average Bonchev–Trinajstić information content (AvgIpc) is 3.84. The van der Waals surface area contributed by atoms with Crippen molar-refractivity contribution >= 4 is 50.7 Å². The van der Waals surface area contributed by atoms with Gasteiger partial charge in [-0.25, -0.2) is 4.79 Å². The zero-order valence-electron chi connectivity index (χ0n) is 36.7. The molecule has 346 valence electrons. The van der Waals surface area contributed by atoms with Gasteiger partial charge in [0.05, 0.1) is 12.1 Å². The smallest absolute Gasteiger partial charge is 0.335 e. The zero-order chi connectivity index (χ0) is 45.5. The van der Waals surface area contributed by atoms with E-state index < -0.39 is 36.2 Å². The summed E-state index contributed by atoms with van der Waals surface area (Å²) in [5, 5.41) is 62.5. The lowest BCUT2D eigenvalue weighted by Crippen LogP contribution is -2.72. The fraction of sp³-hybridized carbons (Fsp3) is 0.440. The van der Waals surface area contributed by atoms with Crippen LogP contribution < -0.4 is 20.1 Å². The summed E-state index contributed by atoms with van der Waals surface area (Å²) in [6, 6.07) is 19.8. The molecule has 2 fully saturated rings. The van der Waals surface area contributed by atoms with Gasteiger partial charge < -0.3 is 55.1 Å². The van der Waals surface area contributed by atoms with E-state index in [-0.39, 0.29) is 54.1 Å². The number of carboxylic acids is 1. The Morgan fingerprint density at radius 1 is 1.09 bits per heavy atom. The van der Waals surface area contributed by atoms with Crippen molar-refractivity contribution in [2.24, 2.45) is 22.7 Å². The van der Waals surface area contributed by atoms with Gasteiger partial charge in [-0.2, -0.15) is 0 Å². The molecule has 3 aromatic rings. The molecule has 0 saturated carbocycles. The first kappa shape index (κ1) is 46.9. The molecule has 3 aromatic carbocycles. The second-order valence-corrected chi connectivity index (χ2v) is 19.8. The minimum absolute atomic E-state index is 0.00466. The van der Waals surface area contributed by atoms with Crippen molar-refractivity contribution in [3.8, 4) is 17.2 Å². The summed E-state index contributed by atoms with van der Waals surface area (Å²) < 4.78 is 24.5. The number of aliphatic hydroxyl groups excluding tert-OH is 2. The van der Waals surface area contributed by atoms with E-state index in [4.69, 9.17) is 18.9 Å². The van der Waals surface area contributed by atoms with Crippen LogP contribution in [0, 0.1) is 17.8 Å². The first-order valence-corrected chi connectivity index (χ1v) is 24.9. The number of nitrogens with zero attached hydrogens (tertiary/aromatic N) is 1. The summed E-state index contributed by atoms with van der Waals surface area (Å²) in [6.07, 6.45) is 7.53. The number of phenols is 1. The summed E-state index contributed by atoms with van der Waals surface area (Å²) in [5.41, 5.74) is 4.52. The van der Waals surface area contributed by atoms with Gasteiger partial charge in [0.1, 0.15) is 47.8 Å². The lowest BCUT2D eigenvalue weighted by Gasteiger charge is -2.49. The fourth-order valence-electron chi connectivity index (χ4n) is 9.45. The number of fused-ring (bicyclic) bond motifs is 3. The number of rotatable bonds is 13. The normalized spacial score (nSPS) is 29.1.